The van der Waals surface area contributed by atoms with Crippen LogP contribution in [0.3, 0.4) is 0 Å². The minimum absolute atomic E-state index is 0.0146. The Hall–Kier alpha value is -4.70. The lowest BCUT2D eigenvalue weighted by Crippen LogP contribution is -2.22. The van der Waals surface area contributed by atoms with Crippen molar-refractivity contribution in [1.29, 1.82) is 0 Å². The number of benzene rings is 2. The number of carbonyl (C=O) groups excluding carboxylic acids is 2. The molecule has 39 heavy (non-hydrogen) atoms. The number of pyridine rings is 1. The second kappa shape index (κ2) is 12.2. The van der Waals surface area contributed by atoms with Crippen LogP contribution in [0.1, 0.15) is 45.8 Å². The van der Waals surface area contributed by atoms with Crippen LogP contribution in [0.2, 0.25) is 0 Å². The van der Waals surface area contributed by atoms with Gasteiger partial charge in [-0.25, -0.2) is 9.79 Å². The van der Waals surface area contributed by atoms with Crippen molar-refractivity contribution in [3.8, 4) is 11.5 Å². The summed E-state index contributed by atoms with van der Waals surface area (Å²) >= 11 is 0. The zero-order chi connectivity index (χ0) is 27.9. The third-order valence-electron chi connectivity index (χ3n) is 5.79. The van der Waals surface area contributed by atoms with E-state index in [1.807, 2.05) is 13.8 Å². The van der Waals surface area contributed by atoms with Gasteiger partial charge in [-0.15, -0.1) is 0 Å². The molecule has 2 N–H and O–H groups in total. The zero-order valence-corrected chi connectivity index (χ0v) is 22.1. The molecule has 4 aromatic rings. The summed E-state index contributed by atoms with van der Waals surface area (Å²) in [6, 6.07) is 13.1. The third-order valence-corrected chi connectivity index (χ3v) is 5.79. The molecule has 0 saturated heterocycles. The number of aliphatic hydroxyl groups is 1. The van der Waals surface area contributed by atoms with E-state index in [0.717, 1.165) is 0 Å². The average molecular weight is 532 g/mol. The van der Waals surface area contributed by atoms with Crippen LogP contribution in [0, 0.1) is 6.92 Å². The second-order valence-electron chi connectivity index (χ2n) is 8.37. The summed E-state index contributed by atoms with van der Waals surface area (Å²) in [6.07, 6.45) is 1.54. The smallest absolute Gasteiger partial charge is 0.337 e. The van der Waals surface area contributed by atoms with E-state index >= 15 is 0 Å². The van der Waals surface area contributed by atoms with Crippen molar-refractivity contribution < 1.29 is 33.3 Å². The van der Waals surface area contributed by atoms with Crippen molar-refractivity contribution in [1.82, 2.24) is 4.98 Å². The number of rotatable bonds is 9. The quantitative estimate of drug-likeness (QED) is 0.297. The van der Waals surface area contributed by atoms with E-state index in [2.05, 4.69) is 15.3 Å². The Morgan fingerprint density at radius 1 is 1.05 bits per heavy atom. The van der Waals surface area contributed by atoms with Crippen LogP contribution in [-0.4, -0.2) is 42.3 Å². The van der Waals surface area contributed by atoms with E-state index in [0.29, 0.717) is 63.9 Å². The number of methoxy groups -OCH3 is 1. The summed E-state index contributed by atoms with van der Waals surface area (Å²) in [5.41, 5.74) is 2.78. The minimum atomic E-state index is -0.512. The number of hydrogen-bond acceptors (Lipinski definition) is 9. The Morgan fingerprint density at radius 2 is 1.79 bits per heavy atom. The highest BCUT2D eigenvalue weighted by Crippen LogP contribution is 2.32. The number of carbonyl (C=O) groups is 2. The van der Waals surface area contributed by atoms with Crippen LogP contribution in [0.5, 0.6) is 11.5 Å². The van der Waals surface area contributed by atoms with Crippen molar-refractivity contribution in [2.75, 3.05) is 25.6 Å². The van der Waals surface area contributed by atoms with E-state index in [9.17, 15) is 14.7 Å². The van der Waals surface area contributed by atoms with E-state index in [1.165, 1.54) is 13.3 Å². The Balaban J connectivity index is 1.89. The number of nitrogens with zero attached hydrogens (tertiary/aromatic N) is 2. The summed E-state index contributed by atoms with van der Waals surface area (Å²) in [7, 11) is 1.30. The molecule has 1 amide bonds. The van der Waals surface area contributed by atoms with E-state index in [4.69, 9.17) is 18.6 Å². The SMILES string of the molecule is CCOc1ccc(OCC)c(N=c2oc3c(C)ncc(CO)c3cc2C(=O)Nc2ccc(C(=O)OC)cc2)c1. The fourth-order valence-corrected chi connectivity index (χ4v) is 3.89. The van der Waals surface area contributed by atoms with Crippen LogP contribution in [0.25, 0.3) is 11.0 Å². The molecule has 2 aromatic carbocycles. The van der Waals surface area contributed by atoms with Crippen LogP contribution in [0.15, 0.2) is 64.1 Å². The monoisotopic (exact) mass is 531 g/mol. The molecule has 0 fully saturated rings. The number of ether oxygens (including phenoxy) is 3. The molecular weight excluding hydrogens is 502 g/mol. The Labute approximate surface area is 224 Å². The molecule has 4 rings (SSSR count). The van der Waals surface area contributed by atoms with Gasteiger partial charge in [0.1, 0.15) is 22.7 Å². The van der Waals surface area contributed by atoms with Crippen LogP contribution < -0.4 is 20.3 Å². The zero-order valence-electron chi connectivity index (χ0n) is 22.1. The van der Waals surface area contributed by atoms with Crippen molar-refractivity contribution >= 4 is 34.2 Å². The van der Waals surface area contributed by atoms with Crippen molar-refractivity contribution in [2.24, 2.45) is 4.99 Å². The molecule has 0 aliphatic rings. The van der Waals surface area contributed by atoms with Gasteiger partial charge in [-0.3, -0.25) is 9.78 Å². The molecule has 0 aliphatic heterocycles. The topological polar surface area (TPSA) is 132 Å². The van der Waals surface area contributed by atoms with Crippen molar-refractivity contribution in [3.63, 3.8) is 0 Å². The highest BCUT2D eigenvalue weighted by Gasteiger charge is 2.18. The molecule has 0 atom stereocenters. The molecule has 2 heterocycles. The molecule has 0 unspecified atom stereocenters. The molecule has 0 spiro atoms. The van der Waals surface area contributed by atoms with Gasteiger partial charge in [0.2, 0.25) is 5.55 Å². The molecule has 0 bridgehead atoms. The van der Waals surface area contributed by atoms with Gasteiger partial charge in [0.15, 0.2) is 5.58 Å². The fraction of sp³-hybridized carbons (Fsp3) is 0.241. The summed E-state index contributed by atoms with van der Waals surface area (Å²) in [5, 5.41) is 13.2. The number of nitrogens with one attached hydrogen (secondary N) is 1. The number of esters is 1. The molecule has 202 valence electrons. The molecule has 0 saturated carbocycles. The highest BCUT2D eigenvalue weighted by atomic mass is 16.5. The molecule has 2 aromatic heterocycles. The van der Waals surface area contributed by atoms with Gasteiger partial charge in [-0.1, -0.05) is 0 Å². The Bertz CT molecular complexity index is 1580. The van der Waals surface area contributed by atoms with Gasteiger partial charge in [-0.2, -0.15) is 0 Å². The summed E-state index contributed by atoms with van der Waals surface area (Å²) in [6.45, 7) is 6.07. The van der Waals surface area contributed by atoms with Crippen LogP contribution in [0.4, 0.5) is 11.4 Å². The highest BCUT2D eigenvalue weighted by molar-refractivity contribution is 6.06. The number of amides is 1. The van der Waals surface area contributed by atoms with Crippen LogP contribution in [-0.2, 0) is 11.3 Å². The Kier molecular flexibility index (Phi) is 8.57. The average Bonchev–Trinajstić information content (AvgIpc) is 2.94. The summed E-state index contributed by atoms with van der Waals surface area (Å²) < 4.78 is 22.3. The lowest BCUT2D eigenvalue weighted by molar-refractivity contribution is 0.0600. The summed E-state index contributed by atoms with van der Waals surface area (Å²) in [5.74, 6) is 0.0715. The first-order valence-electron chi connectivity index (χ1n) is 12.4. The lowest BCUT2D eigenvalue weighted by Gasteiger charge is -2.12. The number of aryl methyl sites for hydroxylation is 1. The largest absolute Gasteiger partial charge is 0.494 e. The van der Waals surface area contributed by atoms with E-state index in [-0.39, 0.29) is 17.7 Å². The maximum absolute atomic E-state index is 13.6. The Morgan fingerprint density at radius 3 is 2.46 bits per heavy atom. The molecule has 0 aliphatic carbocycles. The van der Waals surface area contributed by atoms with Crippen molar-refractivity contribution in [3.05, 3.63) is 82.7 Å². The fourth-order valence-electron chi connectivity index (χ4n) is 3.89. The molecular formula is C29H29N3O7. The van der Waals surface area contributed by atoms with E-state index < -0.39 is 11.9 Å². The van der Waals surface area contributed by atoms with Gasteiger partial charge < -0.3 is 29.1 Å². The predicted molar refractivity (Wildman–Crippen MR) is 144 cm³/mol. The summed E-state index contributed by atoms with van der Waals surface area (Å²) in [4.78, 5) is 34.3. The predicted octanol–water partition coefficient (Wildman–Crippen LogP) is 4.70. The van der Waals surface area contributed by atoms with Gasteiger partial charge in [0, 0.05) is 28.9 Å². The first-order valence-corrected chi connectivity index (χ1v) is 12.4. The first-order chi connectivity index (χ1) is 18.9. The number of hydrogen-bond donors (Lipinski definition) is 2. The van der Waals surface area contributed by atoms with Gasteiger partial charge >= 0.3 is 5.97 Å². The van der Waals surface area contributed by atoms with Gasteiger partial charge in [0.25, 0.3) is 5.91 Å². The number of anilines is 1. The maximum Gasteiger partial charge on any atom is 0.337 e. The second-order valence-corrected chi connectivity index (χ2v) is 8.37. The molecule has 10 heteroatoms. The first kappa shape index (κ1) is 27.3. The minimum Gasteiger partial charge on any atom is -0.494 e. The van der Waals surface area contributed by atoms with Gasteiger partial charge in [0.05, 0.1) is 38.2 Å². The van der Waals surface area contributed by atoms with Gasteiger partial charge in [-0.05, 0) is 63.2 Å². The standard InChI is InChI=1S/C29H29N3O7/c1-5-37-21-11-12-25(38-6-2)24(13-21)32-28-23(14-22-19(16-33)15-30-17(3)26(22)39-28)27(34)31-20-9-7-18(8-10-20)29(35)36-4/h7-15,33H,5-6,16H2,1-4H3,(H,31,34). The van der Waals surface area contributed by atoms with Crippen LogP contribution >= 0.6 is 0 Å². The maximum atomic E-state index is 13.6. The number of aliphatic hydroxyl groups excluding tert-OH is 1. The third kappa shape index (κ3) is 6.07. The molecule has 10 nitrogen and oxygen atoms in total. The number of fused-ring (bicyclic) bond motifs is 1. The van der Waals surface area contributed by atoms with Crippen molar-refractivity contribution in [2.45, 2.75) is 27.4 Å². The lowest BCUT2D eigenvalue weighted by atomic mass is 10.1. The number of aromatic nitrogens is 1. The molecule has 0 radical (unpaired) electrons. The van der Waals surface area contributed by atoms with E-state index in [1.54, 1.807) is 55.5 Å². The normalized spacial score (nSPS) is 11.4.